The number of amides is 4. The highest BCUT2D eigenvalue weighted by atomic mass is 33.1. The van der Waals surface area contributed by atoms with Gasteiger partial charge in [-0.3, -0.25) is 34.1 Å². The summed E-state index contributed by atoms with van der Waals surface area (Å²) < 4.78 is 24.3. The summed E-state index contributed by atoms with van der Waals surface area (Å²) in [4.78, 5) is 71.5. The molecule has 19 heteroatoms. The molecule has 2 aromatic carbocycles. The molecular formula is C34H42N4O12S3. The van der Waals surface area contributed by atoms with E-state index < -0.39 is 59.1 Å². The van der Waals surface area contributed by atoms with Crippen LogP contribution in [0.3, 0.4) is 0 Å². The van der Waals surface area contributed by atoms with Crippen LogP contribution in [0.25, 0.3) is 0 Å². The standard InChI is InChI=1S/C34H42N4O12S3/c1-17-18(2)29-22(19(3)28(17)42)11-12-34(4,50-29)16-49-21-7-5-20(6-8-21)13-25(52-48)31(44)38-33(47)53-51-15-24(30(43)36-14-27(40)41)37-26(39)10-9-23(35)32(45)46/h5-8,23-24,42H,9-16,35H2,1-4H3,(H,36,43)(H,37,39)(H,40,41)(H,45,46)(H,38,44,47)/t23-,24+,34?/m0/s1. The van der Waals surface area contributed by atoms with E-state index in [4.69, 9.17) is 25.4 Å². The molecule has 4 amide bonds. The first kappa shape index (κ1) is 42.8. The normalized spacial score (nSPS) is 15.8. The third-order valence-electron chi connectivity index (χ3n) is 8.43. The molecule has 3 rings (SSSR count). The summed E-state index contributed by atoms with van der Waals surface area (Å²) in [6.07, 6.45) is 0.774. The number of carbonyl (C=O) groups is 6. The molecule has 0 aromatic heterocycles. The zero-order chi connectivity index (χ0) is 39.5. The number of phenols is 1. The second kappa shape index (κ2) is 19.5. The van der Waals surface area contributed by atoms with Crippen molar-refractivity contribution in [2.45, 2.75) is 77.5 Å². The highest BCUT2D eigenvalue weighted by Crippen LogP contribution is 2.43. The number of ether oxygens (including phenoxy) is 2. The summed E-state index contributed by atoms with van der Waals surface area (Å²) in [5.41, 5.74) is 8.85. The second-order valence-corrected chi connectivity index (χ2v) is 15.5. The summed E-state index contributed by atoms with van der Waals surface area (Å²) in [6, 6.07) is 4.14. The first-order chi connectivity index (χ1) is 24.9. The fourth-order valence-corrected chi connectivity index (χ4v) is 7.24. The van der Waals surface area contributed by atoms with Crippen molar-refractivity contribution in [3.05, 3.63) is 52.1 Å². The van der Waals surface area contributed by atoms with Crippen molar-refractivity contribution >= 4 is 72.6 Å². The van der Waals surface area contributed by atoms with Gasteiger partial charge in [0, 0.05) is 35.0 Å². The minimum Gasteiger partial charge on any atom is -0.507 e. The van der Waals surface area contributed by atoms with Crippen molar-refractivity contribution in [1.82, 2.24) is 16.0 Å². The van der Waals surface area contributed by atoms with Gasteiger partial charge in [0.25, 0.3) is 11.1 Å². The first-order valence-corrected chi connectivity index (χ1v) is 19.3. The predicted octanol–water partition coefficient (Wildman–Crippen LogP) is 1.90. The Morgan fingerprint density at radius 3 is 2.34 bits per heavy atom. The van der Waals surface area contributed by atoms with Crippen LogP contribution in [-0.2, 0) is 48.1 Å². The van der Waals surface area contributed by atoms with E-state index >= 15 is 0 Å². The zero-order valence-electron chi connectivity index (χ0n) is 29.4. The van der Waals surface area contributed by atoms with Gasteiger partial charge >= 0.3 is 11.9 Å². The van der Waals surface area contributed by atoms with E-state index in [0.29, 0.717) is 28.5 Å². The molecule has 1 heterocycles. The molecule has 1 aliphatic rings. The molecule has 8 N–H and O–H groups in total. The number of imide groups is 1. The van der Waals surface area contributed by atoms with Crippen molar-refractivity contribution in [1.29, 1.82) is 0 Å². The maximum atomic E-state index is 12.7. The Labute approximate surface area is 316 Å². The number of hydrogen-bond donors (Lipinski definition) is 7. The van der Waals surface area contributed by atoms with Gasteiger partial charge in [-0.05, 0) is 81.3 Å². The summed E-state index contributed by atoms with van der Waals surface area (Å²) in [5, 5.41) is 33.9. The molecule has 0 aliphatic carbocycles. The number of benzene rings is 2. The topological polar surface area (TPSA) is 261 Å². The van der Waals surface area contributed by atoms with Gasteiger partial charge in [-0.2, -0.15) is 0 Å². The lowest BCUT2D eigenvalue weighted by Crippen LogP contribution is -2.49. The van der Waals surface area contributed by atoms with Crippen LogP contribution >= 0.6 is 21.6 Å². The molecule has 0 saturated heterocycles. The van der Waals surface area contributed by atoms with Gasteiger partial charge in [0.2, 0.25) is 11.8 Å². The number of carboxylic acids is 2. The van der Waals surface area contributed by atoms with Gasteiger partial charge in [0.15, 0.2) is 0 Å². The van der Waals surface area contributed by atoms with Crippen molar-refractivity contribution in [2.75, 3.05) is 18.9 Å². The van der Waals surface area contributed by atoms with Gasteiger partial charge in [-0.15, -0.1) is 0 Å². The fourth-order valence-electron chi connectivity index (χ4n) is 5.15. The van der Waals surface area contributed by atoms with Gasteiger partial charge in [0.05, 0.1) is 11.3 Å². The third kappa shape index (κ3) is 12.5. The Morgan fingerprint density at radius 2 is 1.72 bits per heavy atom. The molecule has 2 aromatic rings. The molecule has 0 saturated carbocycles. The fraction of sp³-hybridized carbons (Fsp3) is 0.441. The molecule has 0 spiro atoms. The monoisotopic (exact) mass is 794 g/mol. The number of phenolic OH excluding ortho intramolecular Hbond substituents is 1. The average Bonchev–Trinajstić information content (AvgIpc) is 3.12. The lowest BCUT2D eigenvalue weighted by molar-refractivity contribution is -0.139. The van der Waals surface area contributed by atoms with Gasteiger partial charge < -0.3 is 41.2 Å². The van der Waals surface area contributed by atoms with Crippen molar-refractivity contribution in [2.24, 2.45) is 5.73 Å². The highest BCUT2D eigenvalue weighted by Gasteiger charge is 2.35. The van der Waals surface area contributed by atoms with Crippen molar-refractivity contribution < 1.29 is 57.8 Å². The number of carboxylic acid groups (broad SMARTS) is 2. The van der Waals surface area contributed by atoms with Gasteiger partial charge in [0.1, 0.15) is 52.9 Å². The molecular weight excluding hydrogens is 753 g/mol. The number of aromatic hydroxyl groups is 1. The molecule has 1 unspecified atom stereocenters. The van der Waals surface area contributed by atoms with E-state index in [9.17, 15) is 38.1 Å². The smallest absolute Gasteiger partial charge is 0.322 e. The van der Waals surface area contributed by atoms with Crippen molar-refractivity contribution in [3.8, 4) is 17.2 Å². The van der Waals surface area contributed by atoms with Crippen LogP contribution in [0.1, 0.15) is 54.0 Å². The molecule has 1 aliphatic heterocycles. The minimum atomic E-state index is -1.34. The Balaban J connectivity index is 1.50. The number of nitrogens with one attached hydrogen (secondary N) is 3. The lowest BCUT2D eigenvalue weighted by Gasteiger charge is -2.37. The molecule has 0 fully saturated rings. The van der Waals surface area contributed by atoms with Crippen LogP contribution in [0.15, 0.2) is 24.3 Å². The third-order valence-corrected chi connectivity index (χ3v) is 11.0. The number of carbonyl (C=O) groups excluding carboxylic acids is 4. The molecule has 288 valence electrons. The van der Waals surface area contributed by atoms with E-state index in [1.807, 2.05) is 27.7 Å². The summed E-state index contributed by atoms with van der Waals surface area (Å²) in [5.74, 6) is -3.80. The van der Waals surface area contributed by atoms with Crippen LogP contribution in [0.5, 0.6) is 17.2 Å². The second-order valence-electron chi connectivity index (χ2n) is 12.5. The van der Waals surface area contributed by atoms with Gasteiger partial charge in [-0.1, -0.05) is 22.9 Å². The minimum absolute atomic E-state index is 0.0697. The number of hydrogen-bond acceptors (Lipinski definition) is 13. The van der Waals surface area contributed by atoms with Gasteiger partial charge in [-0.25, -0.2) is 4.21 Å². The van der Waals surface area contributed by atoms with Crippen molar-refractivity contribution in [3.63, 3.8) is 0 Å². The molecule has 16 nitrogen and oxygen atoms in total. The number of nitrogens with two attached hydrogens (primary N) is 1. The summed E-state index contributed by atoms with van der Waals surface area (Å²) in [6.45, 7) is 7.13. The number of rotatable bonds is 17. The number of fused-ring (bicyclic) bond motifs is 1. The average molecular weight is 795 g/mol. The predicted molar refractivity (Wildman–Crippen MR) is 199 cm³/mol. The van der Waals surface area contributed by atoms with Crippen LogP contribution in [0.4, 0.5) is 4.79 Å². The molecule has 0 bridgehead atoms. The van der Waals surface area contributed by atoms with E-state index in [1.165, 1.54) is 0 Å². The Kier molecular flexibility index (Phi) is 15.7. The maximum absolute atomic E-state index is 12.7. The zero-order valence-corrected chi connectivity index (χ0v) is 31.9. The van der Waals surface area contributed by atoms with Crippen LogP contribution in [0.2, 0.25) is 0 Å². The quantitative estimate of drug-likeness (QED) is 0.0891. The first-order valence-electron chi connectivity index (χ1n) is 16.2. The van der Waals surface area contributed by atoms with E-state index in [0.717, 1.165) is 45.2 Å². The van der Waals surface area contributed by atoms with Crippen LogP contribution in [-0.4, -0.2) is 95.9 Å². The Hall–Kier alpha value is -4.59. The SMILES string of the molecule is Cc1c(C)c2c(c(C)c1O)CCC(C)(COc1ccc(CC(=S=O)C(=O)NC(=O)SSC[C@@H](NC(=O)CC[C@H](N)C(=O)O)C(=O)NCC(=O)O)cc1)O2. The molecule has 53 heavy (non-hydrogen) atoms. The van der Waals surface area contributed by atoms with E-state index in [2.05, 4.69) is 16.0 Å². The summed E-state index contributed by atoms with van der Waals surface area (Å²) >= 11 is -0.0697. The Bertz CT molecular complexity index is 1800. The largest absolute Gasteiger partial charge is 0.507 e. The Morgan fingerprint density at radius 1 is 1.04 bits per heavy atom. The lowest BCUT2D eigenvalue weighted by atomic mass is 9.87. The summed E-state index contributed by atoms with van der Waals surface area (Å²) in [7, 11) is 1.28. The maximum Gasteiger partial charge on any atom is 0.322 e. The number of aliphatic carboxylic acids is 2. The molecule has 3 atom stereocenters. The van der Waals surface area contributed by atoms with Crippen LogP contribution < -0.4 is 31.2 Å². The molecule has 0 radical (unpaired) electrons. The van der Waals surface area contributed by atoms with E-state index in [-0.39, 0.29) is 53.5 Å². The van der Waals surface area contributed by atoms with Crippen LogP contribution in [0, 0.1) is 20.8 Å². The highest BCUT2D eigenvalue weighted by molar-refractivity contribution is 8.82. The van der Waals surface area contributed by atoms with E-state index in [1.54, 1.807) is 24.3 Å².